The van der Waals surface area contributed by atoms with Gasteiger partial charge in [0, 0.05) is 25.7 Å². The monoisotopic (exact) mass is 372 g/mol. The summed E-state index contributed by atoms with van der Waals surface area (Å²) in [6.45, 7) is 8.36. The van der Waals surface area contributed by atoms with Crippen molar-refractivity contribution in [1.29, 1.82) is 0 Å². The van der Waals surface area contributed by atoms with Crippen molar-refractivity contribution in [2.24, 2.45) is 5.92 Å². The van der Waals surface area contributed by atoms with Crippen LogP contribution in [0.4, 0.5) is 4.79 Å². The summed E-state index contributed by atoms with van der Waals surface area (Å²) in [5.41, 5.74) is -0.410. The number of carbonyl (C=O) groups is 1. The van der Waals surface area contributed by atoms with E-state index < -0.39 is 5.60 Å². The zero-order chi connectivity index (χ0) is 16.2. The van der Waals surface area contributed by atoms with Crippen LogP contribution in [0.3, 0.4) is 0 Å². The van der Waals surface area contributed by atoms with E-state index >= 15 is 0 Å². The second kappa shape index (κ2) is 7.82. The van der Waals surface area contributed by atoms with Crippen molar-refractivity contribution >= 4 is 22.0 Å². The zero-order valence-electron chi connectivity index (χ0n) is 14.0. The number of hydrogen-bond donors (Lipinski definition) is 1. The average Bonchev–Trinajstić information content (AvgIpc) is 2.44. The summed E-state index contributed by atoms with van der Waals surface area (Å²) in [6.07, 6.45) is 7.94. The van der Waals surface area contributed by atoms with E-state index in [9.17, 15) is 4.79 Å². The highest BCUT2D eigenvalue weighted by Gasteiger charge is 2.27. The molecule has 1 heterocycles. The molecule has 0 aromatic heterocycles. The third kappa shape index (κ3) is 5.92. The molecule has 1 amide bonds. The van der Waals surface area contributed by atoms with E-state index in [-0.39, 0.29) is 6.09 Å². The maximum atomic E-state index is 12.0. The van der Waals surface area contributed by atoms with Crippen molar-refractivity contribution in [3.05, 3.63) is 10.6 Å². The van der Waals surface area contributed by atoms with Crippen LogP contribution in [0.1, 0.15) is 52.9 Å². The molecule has 5 heteroatoms. The van der Waals surface area contributed by atoms with Crippen LogP contribution in [-0.2, 0) is 4.74 Å². The number of halogens is 1. The van der Waals surface area contributed by atoms with Crippen LogP contribution in [0, 0.1) is 5.92 Å². The quantitative estimate of drug-likeness (QED) is 0.811. The first kappa shape index (κ1) is 17.8. The number of nitrogens with zero attached hydrogens (tertiary/aromatic N) is 1. The Morgan fingerprint density at radius 3 is 2.64 bits per heavy atom. The lowest BCUT2D eigenvalue weighted by molar-refractivity contribution is 0.0198. The normalized spacial score (nSPS) is 24.1. The van der Waals surface area contributed by atoms with Crippen molar-refractivity contribution in [2.75, 3.05) is 19.6 Å². The number of likely N-dealkylation sites (tertiary alicyclic amines) is 1. The fourth-order valence-electron chi connectivity index (χ4n) is 3.03. The molecule has 0 aromatic carbocycles. The molecule has 1 unspecified atom stereocenters. The molecule has 0 saturated carbocycles. The van der Waals surface area contributed by atoms with Gasteiger partial charge in [-0.2, -0.15) is 0 Å². The van der Waals surface area contributed by atoms with Gasteiger partial charge in [0.2, 0.25) is 0 Å². The lowest BCUT2D eigenvalue weighted by Crippen LogP contribution is -2.47. The van der Waals surface area contributed by atoms with E-state index in [2.05, 4.69) is 27.3 Å². The van der Waals surface area contributed by atoms with Gasteiger partial charge in [-0.25, -0.2) is 4.79 Å². The minimum Gasteiger partial charge on any atom is -0.444 e. The molecule has 0 radical (unpaired) electrons. The fraction of sp³-hybridized carbons (Fsp3) is 0.824. The predicted molar refractivity (Wildman–Crippen MR) is 93.2 cm³/mol. The summed E-state index contributed by atoms with van der Waals surface area (Å²) in [7, 11) is 0. The first-order valence-corrected chi connectivity index (χ1v) is 9.20. The van der Waals surface area contributed by atoms with Crippen LogP contribution >= 0.6 is 15.9 Å². The van der Waals surface area contributed by atoms with Gasteiger partial charge in [0.1, 0.15) is 5.60 Å². The van der Waals surface area contributed by atoms with Crippen molar-refractivity contribution < 1.29 is 9.53 Å². The summed E-state index contributed by atoms with van der Waals surface area (Å²) in [5, 5.41) is 3.68. The Kier molecular flexibility index (Phi) is 6.33. The van der Waals surface area contributed by atoms with Gasteiger partial charge in [-0.1, -0.05) is 22.0 Å². The fourth-order valence-corrected chi connectivity index (χ4v) is 3.68. The van der Waals surface area contributed by atoms with Gasteiger partial charge < -0.3 is 15.0 Å². The van der Waals surface area contributed by atoms with Crippen LogP contribution < -0.4 is 5.32 Å². The number of allylic oxidation sites excluding steroid dienone is 1. The summed E-state index contributed by atoms with van der Waals surface area (Å²) < 4.78 is 6.79. The van der Waals surface area contributed by atoms with Crippen molar-refractivity contribution in [3.8, 4) is 0 Å². The Morgan fingerprint density at radius 2 is 2.05 bits per heavy atom. The van der Waals surface area contributed by atoms with Crippen molar-refractivity contribution in [1.82, 2.24) is 10.2 Å². The molecule has 1 aliphatic heterocycles. The van der Waals surface area contributed by atoms with Gasteiger partial charge in [-0.3, -0.25) is 0 Å². The minimum atomic E-state index is -0.410. The van der Waals surface area contributed by atoms with Crippen LogP contribution in [0.15, 0.2) is 10.6 Å². The maximum Gasteiger partial charge on any atom is 0.410 e. The number of carbonyl (C=O) groups excluding carboxylic acids is 1. The SMILES string of the molecule is CC(C)(C)OC(=O)N1CCC(NCC2C=C(Br)CCC2)CC1. The van der Waals surface area contributed by atoms with Gasteiger partial charge in [-0.15, -0.1) is 0 Å². The summed E-state index contributed by atoms with van der Waals surface area (Å²) in [4.78, 5) is 13.9. The van der Waals surface area contributed by atoms with Crippen LogP contribution in [-0.4, -0.2) is 42.3 Å². The molecule has 2 rings (SSSR count). The molecule has 1 atom stereocenters. The Hall–Kier alpha value is -0.550. The lowest BCUT2D eigenvalue weighted by Gasteiger charge is -2.34. The second-order valence-corrected chi connectivity index (χ2v) is 8.43. The van der Waals surface area contributed by atoms with E-state index in [0.717, 1.165) is 32.5 Å². The van der Waals surface area contributed by atoms with Crippen LogP contribution in [0.2, 0.25) is 0 Å². The van der Waals surface area contributed by atoms with Crippen molar-refractivity contribution in [3.63, 3.8) is 0 Å². The predicted octanol–water partition coefficient (Wildman–Crippen LogP) is 4.05. The van der Waals surface area contributed by atoms with E-state index in [1.165, 1.54) is 23.7 Å². The van der Waals surface area contributed by atoms with E-state index in [1.807, 2.05) is 25.7 Å². The third-order valence-electron chi connectivity index (χ3n) is 4.22. The topological polar surface area (TPSA) is 41.6 Å². The van der Waals surface area contributed by atoms with Crippen molar-refractivity contribution in [2.45, 2.75) is 64.5 Å². The molecule has 1 fully saturated rings. The highest BCUT2D eigenvalue weighted by atomic mass is 79.9. The van der Waals surface area contributed by atoms with E-state index in [4.69, 9.17) is 4.74 Å². The highest BCUT2D eigenvalue weighted by molar-refractivity contribution is 9.11. The number of ether oxygens (including phenoxy) is 1. The summed E-state index contributed by atoms with van der Waals surface area (Å²) >= 11 is 3.62. The standard InChI is InChI=1S/C17H29BrN2O2/c1-17(2,3)22-16(21)20-9-7-15(8-10-20)19-12-13-5-4-6-14(18)11-13/h11,13,15,19H,4-10,12H2,1-3H3. The van der Waals surface area contributed by atoms with Gasteiger partial charge in [0.25, 0.3) is 0 Å². The molecule has 2 aliphatic rings. The Balaban J connectivity index is 1.69. The molecule has 126 valence electrons. The van der Waals surface area contributed by atoms with Crippen LogP contribution in [0.5, 0.6) is 0 Å². The molecule has 0 aromatic rings. The largest absolute Gasteiger partial charge is 0.444 e. The lowest BCUT2D eigenvalue weighted by atomic mass is 9.95. The summed E-state index contributed by atoms with van der Waals surface area (Å²) in [6, 6.07) is 0.521. The molecule has 4 nitrogen and oxygen atoms in total. The average molecular weight is 373 g/mol. The Labute approximate surface area is 142 Å². The molecule has 22 heavy (non-hydrogen) atoms. The highest BCUT2D eigenvalue weighted by Crippen LogP contribution is 2.26. The van der Waals surface area contributed by atoms with E-state index in [0.29, 0.717) is 12.0 Å². The van der Waals surface area contributed by atoms with Gasteiger partial charge in [-0.05, 0) is 63.3 Å². The molecular weight excluding hydrogens is 344 g/mol. The number of hydrogen-bond acceptors (Lipinski definition) is 3. The third-order valence-corrected chi connectivity index (χ3v) is 4.88. The smallest absolute Gasteiger partial charge is 0.410 e. The molecular formula is C17H29BrN2O2. The maximum absolute atomic E-state index is 12.0. The first-order valence-electron chi connectivity index (χ1n) is 8.41. The number of piperidine rings is 1. The number of rotatable bonds is 3. The Bertz CT molecular complexity index is 409. The van der Waals surface area contributed by atoms with E-state index in [1.54, 1.807) is 0 Å². The van der Waals surface area contributed by atoms with Gasteiger partial charge in [0.05, 0.1) is 0 Å². The van der Waals surface area contributed by atoms with Gasteiger partial charge >= 0.3 is 6.09 Å². The summed E-state index contributed by atoms with van der Waals surface area (Å²) in [5.74, 6) is 0.645. The molecule has 1 N–H and O–H groups in total. The first-order chi connectivity index (χ1) is 10.3. The molecule has 1 aliphatic carbocycles. The molecule has 0 spiro atoms. The van der Waals surface area contributed by atoms with Gasteiger partial charge in [0.15, 0.2) is 0 Å². The number of amides is 1. The zero-order valence-corrected chi connectivity index (χ0v) is 15.6. The second-order valence-electron chi connectivity index (χ2n) is 7.42. The molecule has 0 bridgehead atoms. The minimum absolute atomic E-state index is 0.176. The van der Waals surface area contributed by atoms with Crippen LogP contribution in [0.25, 0.3) is 0 Å². The molecule has 1 saturated heterocycles. The Morgan fingerprint density at radius 1 is 1.36 bits per heavy atom. The number of nitrogens with one attached hydrogen (secondary N) is 1.